The van der Waals surface area contributed by atoms with Crippen LogP contribution in [0.2, 0.25) is 0 Å². The van der Waals surface area contributed by atoms with E-state index in [4.69, 9.17) is 14.2 Å². The molecule has 1 aliphatic heterocycles. The highest BCUT2D eigenvalue weighted by Crippen LogP contribution is 2.21. The maximum Gasteiger partial charge on any atom is 0.146 e. The van der Waals surface area contributed by atoms with Gasteiger partial charge in [0.15, 0.2) is 0 Å². The molecule has 1 aromatic carbocycles. The fraction of sp³-hybridized carbons (Fsp3) is 0.600. The van der Waals surface area contributed by atoms with Gasteiger partial charge in [0.25, 0.3) is 0 Å². The maximum atomic E-state index is 13.6. The van der Waals surface area contributed by atoms with Gasteiger partial charge in [-0.25, -0.2) is 4.39 Å². The predicted octanol–water partition coefficient (Wildman–Crippen LogP) is 1.80. The molecule has 1 fully saturated rings. The zero-order chi connectivity index (χ0) is 15.1. The summed E-state index contributed by atoms with van der Waals surface area (Å²) in [6.45, 7) is 1.67. The zero-order valence-electron chi connectivity index (χ0n) is 12.2. The van der Waals surface area contributed by atoms with Crippen LogP contribution in [0.4, 0.5) is 10.1 Å². The summed E-state index contributed by atoms with van der Waals surface area (Å²) < 4.78 is 29.4. The molecule has 1 aromatic rings. The second-order valence-electron chi connectivity index (χ2n) is 5.05. The van der Waals surface area contributed by atoms with Crippen molar-refractivity contribution in [2.24, 2.45) is 0 Å². The number of hydrogen-bond acceptors (Lipinski definition) is 5. The Bertz CT molecular complexity index is 438. The molecule has 1 aliphatic rings. The molecule has 2 N–H and O–H groups in total. The standard InChI is InChI=1S/C15H22FNO4/c1-19-12-4-5-14(16)15(7-12)17-8-11(18)9-20-10-13-3-2-6-21-13/h4-5,7,11,13,17-18H,2-3,6,8-10H2,1H3. The Morgan fingerprint density at radius 2 is 2.38 bits per heavy atom. The monoisotopic (exact) mass is 299 g/mol. The summed E-state index contributed by atoms with van der Waals surface area (Å²) in [4.78, 5) is 0. The number of methoxy groups -OCH3 is 1. The quantitative estimate of drug-likeness (QED) is 0.766. The summed E-state index contributed by atoms with van der Waals surface area (Å²) in [6.07, 6.45) is 1.49. The van der Waals surface area contributed by atoms with E-state index in [1.807, 2.05) is 0 Å². The average molecular weight is 299 g/mol. The van der Waals surface area contributed by atoms with Gasteiger partial charge < -0.3 is 24.6 Å². The zero-order valence-corrected chi connectivity index (χ0v) is 12.2. The van der Waals surface area contributed by atoms with Crippen LogP contribution in [0, 0.1) is 5.82 Å². The molecule has 2 atom stereocenters. The molecule has 2 unspecified atom stereocenters. The SMILES string of the molecule is COc1ccc(F)c(NCC(O)COCC2CCCO2)c1. The van der Waals surface area contributed by atoms with Crippen molar-refractivity contribution in [1.82, 2.24) is 0 Å². The highest BCUT2D eigenvalue weighted by Gasteiger charge is 2.16. The Morgan fingerprint density at radius 3 is 3.10 bits per heavy atom. The lowest BCUT2D eigenvalue weighted by Crippen LogP contribution is -2.27. The van der Waals surface area contributed by atoms with Crippen LogP contribution in [-0.2, 0) is 9.47 Å². The minimum atomic E-state index is -0.711. The molecular weight excluding hydrogens is 277 g/mol. The molecular formula is C15H22FNO4. The van der Waals surface area contributed by atoms with Crippen LogP contribution < -0.4 is 10.1 Å². The normalized spacial score (nSPS) is 19.5. The Morgan fingerprint density at radius 1 is 1.52 bits per heavy atom. The Hall–Kier alpha value is -1.37. The first kappa shape index (κ1) is 16.0. The highest BCUT2D eigenvalue weighted by molar-refractivity contribution is 5.49. The third-order valence-electron chi connectivity index (χ3n) is 3.34. The smallest absolute Gasteiger partial charge is 0.146 e. The molecule has 0 aliphatic carbocycles. The molecule has 6 heteroatoms. The molecule has 21 heavy (non-hydrogen) atoms. The number of nitrogens with one attached hydrogen (secondary N) is 1. The van der Waals surface area contributed by atoms with Gasteiger partial charge in [-0.3, -0.25) is 0 Å². The molecule has 0 amide bonds. The van der Waals surface area contributed by atoms with Gasteiger partial charge in [-0.1, -0.05) is 0 Å². The number of hydrogen-bond donors (Lipinski definition) is 2. The number of benzene rings is 1. The summed E-state index contributed by atoms with van der Waals surface area (Å²) in [5.74, 6) is 0.172. The van der Waals surface area contributed by atoms with Crippen molar-refractivity contribution in [3.05, 3.63) is 24.0 Å². The van der Waals surface area contributed by atoms with Crippen molar-refractivity contribution in [3.8, 4) is 5.75 Å². The number of anilines is 1. The number of halogens is 1. The second-order valence-corrected chi connectivity index (χ2v) is 5.05. The first-order valence-electron chi connectivity index (χ1n) is 7.14. The highest BCUT2D eigenvalue weighted by atomic mass is 19.1. The van der Waals surface area contributed by atoms with Gasteiger partial charge in [-0.05, 0) is 25.0 Å². The molecule has 0 radical (unpaired) electrons. The fourth-order valence-corrected chi connectivity index (χ4v) is 2.16. The first-order chi connectivity index (χ1) is 10.2. The predicted molar refractivity (Wildman–Crippen MR) is 77.2 cm³/mol. The van der Waals surface area contributed by atoms with Crippen molar-refractivity contribution in [3.63, 3.8) is 0 Å². The van der Waals surface area contributed by atoms with Crippen LogP contribution in [0.25, 0.3) is 0 Å². The van der Waals surface area contributed by atoms with E-state index < -0.39 is 6.10 Å². The lowest BCUT2D eigenvalue weighted by atomic mass is 10.2. The average Bonchev–Trinajstić information content (AvgIpc) is 3.00. The molecule has 0 saturated carbocycles. The number of rotatable bonds is 8. The molecule has 0 bridgehead atoms. The van der Waals surface area contributed by atoms with E-state index in [-0.39, 0.29) is 25.1 Å². The number of aliphatic hydroxyl groups is 1. The van der Waals surface area contributed by atoms with Crippen molar-refractivity contribution in [2.45, 2.75) is 25.0 Å². The minimum absolute atomic E-state index is 0.140. The molecule has 1 saturated heterocycles. The van der Waals surface area contributed by atoms with Gasteiger partial charge in [0.05, 0.1) is 38.2 Å². The van der Waals surface area contributed by atoms with E-state index in [1.165, 1.54) is 13.2 Å². The third kappa shape index (κ3) is 5.15. The van der Waals surface area contributed by atoms with Gasteiger partial charge in [-0.2, -0.15) is 0 Å². The van der Waals surface area contributed by atoms with Crippen LogP contribution in [-0.4, -0.2) is 50.8 Å². The van der Waals surface area contributed by atoms with E-state index >= 15 is 0 Å². The van der Waals surface area contributed by atoms with Gasteiger partial charge in [-0.15, -0.1) is 0 Å². The lowest BCUT2D eigenvalue weighted by Gasteiger charge is -2.15. The molecule has 0 spiro atoms. The van der Waals surface area contributed by atoms with E-state index in [9.17, 15) is 9.50 Å². The van der Waals surface area contributed by atoms with E-state index in [2.05, 4.69) is 5.32 Å². The van der Waals surface area contributed by atoms with Crippen molar-refractivity contribution < 1.29 is 23.7 Å². The van der Waals surface area contributed by atoms with Crippen LogP contribution in [0.3, 0.4) is 0 Å². The van der Waals surface area contributed by atoms with E-state index in [0.29, 0.717) is 18.0 Å². The molecule has 0 aromatic heterocycles. The van der Waals surface area contributed by atoms with Gasteiger partial charge in [0.2, 0.25) is 0 Å². The Labute approximate surface area is 124 Å². The van der Waals surface area contributed by atoms with Crippen LogP contribution in [0.15, 0.2) is 18.2 Å². The van der Waals surface area contributed by atoms with Gasteiger partial charge >= 0.3 is 0 Å². The molecule has 5 nitrogen and oxygen atoms in total. The molecule has 118 valence electrons. The van der Waals surface area contributed by atoms with Gasteiger partial charge in [0, 0.05) is 19.2 Å². The van der Waals surface area contributed by atoms with Crippen molar-refractivity contribution in [1.29, 1.82) is 0 Å². The maximum absolute atomic E-state index is 13.6. The van der Waals surface area contributed by atoms with E-state index in [1.54, 1.807) is 12.1 Å². The minimum Gasteiger partial charge on any atom is -0.497 e. The molecule has 2 rings (SSSR count). The molecule has 1 heterocycles. The summed E-state index contributed by atoms with van der Waals surface area (Å²) in [5.41, 5.74) is 0.299. The fourth-order valence-electron chi connectivity index (χ4n) is 2.16. The van der Waals surface area contributed by atoms with Gasteiger partial charge in [0.1, 0.15) is 11.6 Å². The Balaban J connectivity index is 1.69. The lowest BCUT2D eigenvalue weighted by molar-refractivity contribution is -0.0137. The van der Waals surface area contributed by atoms with Crippen LogP contribution >= 0.6 is 0 Å². The second kappa shape index (κ2) is 8.17. The topological polar surface area (TPSA) is 60.0 Å². The van der Waals surface area contributed by atoms with Crippen molar-refractivity contribution >= 4 is 5.69 Å². The number of ether oxygens (including phenoxy) is 3. The van der Waals surface area contributed by atoms with Crippen LogP contribution in [0.1, 0.15) is 12.8 Å². The summed E-state index contributed by atoms with van der Waals surface area (Å²) in [6, 6.07) is 4.42. The summed E-state index contributed by atoms with van der Waals surface area (Å²) in [5, 5.41) is 12.7. The third-order valence-corrected chi connectivity index (χ3v) is 3.34. The van der Waals surface area contributed by atoms with E-state index in [0.717, 1.165) is 19.4 Å². The first-order valence-corrected chi connectivity index (χ1v) is 7.14. The summed E-state index contributed by atoms with van der Waals surface area (Å²) in [7, 11) is 1.52. The number of aliphatic hydroxyl groups excluding tert-OH is 1. The van der Waals surface area contributed by atoms with Crippen LogP contribution in [0.5, 0.6) is 5.75 Å². The van der Waals surface area contributed by atoms with Crippen molar-refractivity contribution in [2.75, 3.05) is 38.8 Å². The summed E-state index contributed by atoms with van der Waals surface area (Å²) >= 11 is 0. The Kier molecular flexibility index (Phi) is 6.22. The largest absolute Gasteiger partial charge is 0.497 e.